The number of carbonyl (C=O) groups is 1. The maximum atomic E-state index is 13.0. The van der Waals surface area contributed by atoms with Gasteiger partial charge >= 0.3 is 5.97 Å². The average molecular weight is 210 g/mol. The van der Waals surface area contributed by atoms with E-state index in [1.54, 1.807) is 6.07 Å². The monoisotopic (exact) mass is 210 g/mol. The molecule has 0 aromatic heterocycles. The van der Waals surface area contributed by atoms with Crippen LogP contribution < -0.4 is 4.74 Å². The van der Waals surface area contributed by atoms with Crippen LogP contribution in [0.25, 0.3) is 0 Å². The highest BCUT2D eigenvalue weighted by molar-refractivity contribution is 5.71. The number of rotatable bonds is 2. The fraction of sp³-hybridized carbons (Fsp3) is 0.364. The van der Waals surface area contributed by atoms with Gasteiger partial charge in [0.25, 0.3) is 0 Å². The fourth-order valence-electron chi connectivity index (χ4n) is 1.70. The summed E-state index contributed by atoms with van der Waals surface area (Å²) in [5.41, 5.74) is 0.750. The zero-order valence-corrected chi connectivity index (χ0v) is 8.33. The van der Waals surface area contributed by atoms with Gasteiger partial charge in [0.1, 0.15) is 11.6 Å². The van der Waals surface area contributed by atoms with Gasteiger partial charge < -0.3 is 9.47 Å². The molecule has 1 heterocycles. The van der Waals surface area contributed by atoms with E-state index in [4.69, 9.17) is 4.74 Å². The van der Waals surface area contributed by atoms with Crippen LogP contribution in [0.3, 0.4) is 0 Å². The summed E-state index contributed by atoms with van der Waals surface area (Å²) in [6.45, 7) is 0.411. The molecular weight excluding hydrogens is 199 g/mol. The Kier molecular flexibility index (Phi) is 2.58. The van der Waals surface area contributed by atoms with Crippen molar-refractivity contribution in [2.24, 2.45) is 0 Å². The summed E-state index contributed by atoms with van der Waals surface area (Å²) < 4.78 is 22.9. The van der Waals surface area contributed by atoms with Crippen molar-refractivity contribution in [3.63, 3.8) is 0 Å². The van der Waals surface area contributed by atoms with Crippen molar-refractivity contribution in [2.45, 2.75) is 12.3 Å². The molecule has 80 valence electrons. The van der Waals surface area contributed by atoms with Gasteiger partial charge in [-0.25, -0.2) is 4.39 Å². The number of esters is 1. The summed E-state index contributed by atoms with van der Waals surface area (Å²) in [7, 11) is 1.34. The van der Waals surface area contributed by atoms with E-state index in [2.05, 4.69) is 4.74 Å². The highest BCUT2D eigenvalue weighted by Crippen LogP contribution is 2.36. The third kappa shape index (κ3) is 1.93. The molecule has 0 saturated heterocycles. The maximum Gasteiger partial charge on any atom is 0.306 e. The second-order valence-electron chi connectivity index (χ2n) is 3.47. The molecule has 0 radical (unpaired) electrons. The molecule has 0 N–H and O–H groups in total. The first-order chi connectivity index (χ1) is 7.20. The number of hydrogen-bond acceptors (Lipinski definition) is 3. The standard InChI is InChI=1S/C11H11FO3/c1-14-11(13)4-7-6-15-10-3-2-8(12)5-9(7)10/h2-3,5,7H,4,6H2,1H3. The minimum atomic E-state index is -0.311. The molecule has 1 aliphatic rings. The first-order valence-corrected chi connectivity index (χ1v) is 4.70. The first-order valence-electron chi connectivity index (χ1n) is 4.70. The third-order valence-corrected chi connectivity index (χ3v) is 2.49. The Morgan fingerprint density at radius 2 is 2.47 bits per heavy atom. The van der Waals surface area contributed by atoms with E-state index in [1.165, 1.54) is 19.2 Å². The van der Waals surface area contributed by atoms with E-state index < -0.39 is 0 Å². The highest BCUT2D eigenvalue weighted by atomic mass is 19.1. The van der Waals surface area contributed by atoms with Crippen LogP contribution in [0.5, 0.6) is 5.75 Å². The minimum absolute atomic E-state index is 0.0943. The van der Waals surface area contributed by atoms with E-state index in [-0.39, 0.29) is 24.1 Å². The molecule has 3 nitrogen and oxygen atoms in total. The van der Waals surface area contributed by atoms with Crippen molar-refractivity contribution in [1.29, 1.82) is 0 Å². The third-order valence-electron chi connectivity index (χ3n) is 2.49. The van der Waals surface area contributed by atoms with Gasteiger partial charge in [-0.15, -0.1) is 0 Å². The average Bonchev–Trinajstić information content (AvgIpc) is 2.61. The van der Waals surface area contributed by atoms with Crippen LogP contribution in [0.15, 0.2) is 18.2 Å². The van der Waals surface area contributed by atoms with Crippen molar-refractivity contribution in [3.05, 3.63) is 29.6 Å². The molecule has 4 heteroatoms. The lowest BCUT2D eigenvalue weighted by molar-refractivity contribution is -0.141. The number of fused-ring (bicyclic) bond motifs is 1. The molecular formula is C11H11FO3. The Balaban J connectivity index is 2.20. The largest absolute Gasteiger partial charge is 0.493 e. The second kappa shape index (κ2) is 3.88. The lowest BCUT2D eigenvalue weighted by Crippen LogP contribution is -2.09. The topological polar surface area (TPSA) is 35.5 Å². The summed E-state index contributed by atoms with van der Waals surface area (Å²) in [6.07, 6.45) is 0.229. The van der Waals surface area contributed by atoms with Crippen LogP contribution in [0.1, 0.15) is 17.9 Å². The van der Waals surface area contributed by atoms with Gasteiger partial charge in [0, 0.05) is 11.5 Å². The van der Waals surface area contributed by atoms with Crippen LogP contribution >= 0.6 is 0 Å². The first kappa shape index (κ1) is 9.96. The number of benzene rings is 1. The van der Waals surface area contributed by atoms with Crippen molar-refractivity contribution in [1.82, 2.24) is 0 Å². The smallest absolute Gasteiger partial charge is 0.306 e. The van der Waals surface area contributed by atoms with Gasteiger partial charge in [0.2, 0.25) is 0 Å². The molecule has 1 aromatic rings. The Hall–Kier alpha value is -1.58. The van der Waals surface area contributed by atoms with Gasteiger partial charge in [-0.2, -0.15) is 0 Å². The van der Waals surface area contributed by atoms with Crippen molar-refractivity contribution < 1.29 is 18.7 Å². The second-order valence-corrected chi connectivity index (χ2v) is 3.47. The van der Waals surface area contributed by atoms with Crippen molar-refractivity contribution in [2.75, 3.05) is 13.7 Å². The summed E-state index contributed by atoms with van der Waals surface area (Å²) in [5, 5.41) is 0. The lowest BCUT2D eigenvalue weighted by Gasteiger charge is -2.06. The number of halogens is 1. The van der Waals surface area contributed by atoms with Gasteiger partial charge in [-0.3, -0.25) is 4.79 Å². The Morgan fingerprint density at radius 1 is 1.67 bits per heavy atom. The van der Waals surface area contributed by atoms with Gasteiger partial charge in [0.15, 0.2) is 0 Å². The van der Waals surface area contributed by atoms with Crippen LogP contribution in [-0.4, -0.2) is 19.7 Å². The molecule has 1 aliphatic heterocycles. The van der Waals surface area contributed by atoms with Crippen molar-refractivity contribution >= 4 is 5.97 Å². The predicted molar refractivity (Wildman–Crippen MR) is 51.3 cm³/mol. The normalized spacial score (nSPS) is 18.1. The molecule has 0 fully saturated rings. The maximum absolute atomic E-state index is 13.0. The molecule has 0 saturated carbocycles. The minimum Gasteiger partial charge on any atom is -0.493 e. The number of methoxy groups -OCH3 is 1. The zero-order valence-electron chi connectivity index (χ0n) is 8.33. The highest BCUT2D eigenvalue weighted by Gasteiger charge is 2.26. The zero-order chi connectivity index (χ0) is 10.8. The molecule has 0 spiro atoms. The molecule has 0 bridgehead atoms. The van der Waals surface area contributed by atoms with E-state index in [9.17, 15) is 9.18 Å². The van der Waals surface area contributed by atoms with E-state index in [0.717, 1.165) is 5.56 Å². The SMILES string of the molecule is COC(=O)CC1COc2ccc(F)cc21. The van der Waals surface area contributed by atoms with E-state index in [1.807, 2.05) is 0 Å². The summed E-state index contributed by atoms with van der Waals surface area (Å²) in [5.74, 6) is -0.0525. The van der Waals surface area contributed by atoms with Crippen LogP contribution in [0.4, 0.5) is 4.39 Å². The summed E-state index contributed by atoms with van der Waals surface area (Å²) in [4.78, 5) is 11.1. The Morgan fingerprint density at radius 3 is 3.20 bits per heavy atom. The van der Waals surface area contributed by atoms with Crippen molar-refractivity contribution in [3.8, 4) is 5.75 Å². The quantitative estimate of drug-likeness (QED) is 0.699. The van der Waals surface area contributed by atoms with Crippen LogP contribution in [-0.2, 0) is 9.53 Å². The molecule has 1 atom stereocenters. The number of ether oxygens (including phenoxy) is 2. The van der Waals surface area contributed by atoms with E-state index in [0.29, 0.717) is 12.4 Å². The van der Waals surface area contributed by atoms with Gasteiger partial charge in [0.05, 0.1) is 20.1 Å². The fourth-order valence-corrected chi connectivity index (χ4v) is 1.70. The molecule has 0 aliphatic carbocycles. The Labute approximate surface area is 86.8 Å². The molecule has 1 unspecified atom stereocenters. The van der Waals surface area contributed by atoms with Crippen LogP contribution in [0.2, 0.25) is 0 Å². The summed E-state index contributed by atoms with van der Waals surface area (Å²) >= 11 is 0. The van der Waals surface area contributed by atoms with Crippen LogP contribution in [0, 0.1) is 5.82 Å². The summed E-state index contributed by atoms with van der Waals surface area (Å²) in [6, 6.07) is 4.34. The van der Waals surface area contributed by atoms with Gasteiger partial charge in [-0.1, -0.05) is 0 Å². The predicted octanol–water partition coefficient (Wildman–Crippen LogP) is 1.86. The van der Waals surface area contributed by atoms with E-state index >= 15 is 0 Å². The molecule has 1 aromatic carbocycles. The Bertz CT molecular complexity index is 389. The molecule has 0 amide bonds. The molecule has 15 heavy (non-hydrogen) atoms. The molecule has 2 rings (SSSR count). The number of hydrogen-bond donors (Lipinski definition) is 0. The number of carbonyl (C=O) groups excluding carboxylic acids is 1. The van der Waals surface area contributed by atoms with Gasteiger partial charge in [-0.05, 0) is 18.2 Å². The lowest BCUT2D eigenvalue weighted by atomic mass is 9.98.